The van der Waals surface area contributed by atoms with Gasteiger partial charge in [0.05, 0.1) is 18.3 Å². The van der Waals surface area contributed by atoms with Crippen LogP contribution in [-0.4, -0.2) is 32.8 Å². The molecule has 1 atom stereocenters. The minimum absolute atomic E-state index is 0.244. The molecule has 0 radical (unpaired) electrons. The van der Waals surface area contributed by atoms with Crippen molar-refractivity contribution < 1.29 is 14.6 Å². The van der Waals surface area contributed by atoms with Gasteiger partial charge in [0.25, 0.3) is 0 Å². The van der Waals surface area contributed by atoms with E-state index in [1.807, 2.05) is 68.4 Å². The van der Waals surface area contributed by atoms with Gasteiger partial charge in [-0.25, -0.2) is 14.8 Å². The lowest BCUT2D eigenvalue weighted by Crippen LogP contribution is -2.33. The molecule has 4 aromatic rings. The zero-order valence-electron chi connectivity index (χ0n) is 18.4. The molecule has 0 aliphatic rings. The molecule has 2 heterocycles. The van der Waals surface area contributed by atoms with E-state index in [0.29, 0.717) is 11.6 Å². The van der Waals surface area contributed by atoms with E-state index in [1.54, 1.807) is 18.5 Å². The van der Waals surface area contributed by atoms with Crippen LogP contribution in [0.25, 0.3) is 11.3 Å². The molecule has 0 saturated carbocycles. The molecule has 0 aliphatic heterocycles. The Labute approximate surface area is 191 Å². The van der Waals surface area contributed by atoms with E-state index >= 15 is 0 Å². The predicted molar refractivity (Wildman–Crippen MR) is 126 cm³/mol. The first-order valence-electron chi connectivity index (χ1n) is 10.5. The fourth-order valence-corrected chi connectivity index (χ4v) is 3.39. The highest BCUT2D eigenvalue weighted by Crippen LogP contribution is 2.27. The average Bonchev–Trinajstić information content (AvgIpc) is 3.28. The first-order chi connectivity index (χ1) is 16.0. The fourth-order valence-electron chi connectivity index (χ4n) is 3.39. The summed E-state index contributed by atoms with van der Waals surface area (Å²) in [6, 6.07) is 18.2. The van der Waals surface area contributed by atoms with Gasteiger partial charge in [-0.05, 0) is 36.6 Å². The number of hydrogen-bond acceptors (Lipinski definition) is 6. The molecular formula is C25H25N5O3. The largest absolute Gasteiger partial charge is 0.414 e. The van der Waals surface area contributed by atoms with Crippen molar-refractivity contribution in [3.8, 4) is 17.1 Å². The van der Waals surface area contributed by atoms with Gasteiger partial charge in [-0.2, -0.15) is 0 Å². The number of aromatic nitrogens is 3. The highest BCUT2D eigenvalue weighted by molar-refractivity contribution is 5.72. The molecular weight excluding hydrogens is 418 g/mol. The Hall–Kier alpha value is -4.17. The Kier molecular flexibility index (Phi) is 6.66. The highest BCUT2D eigenvalue weighted by atomic mass is 16.6. The number of aliphatic hydroxyl groups is 1. The standard InChI is InChI=1S/C25H25N5O3/c1-16-8-6-7-11-20(16)28-24-27-13-17(2)23(30-24)19-12-22(26-14-19)33-25(32)29-21(15-31)18-9-4-3-5-10-18/h3-14,21,26,31H,15H2,1-2H3,(H,29,32)(H,27,28,30). The van der Waals surface area contributed by atoms with Crippen LogP contribution in [0.4, 0.5) is 16.4 Å². The van der Waals surface area contributed by atoms with Crippen molar-refractivity contribution in [2.75, 3.05) is 11.9 Å². The van der Waals surface area contributed by atoms with Gasteiger partial charge >= 0.3 is 6.09 Å². The SMILES string of the molecule is Cc1ccccc1Nc1ncc(C)c(-c2c[nH]c(OC(=O)NC(CO)c3ccccc3)c2)n1. The monoisotopic (exact) mass is 443 g/mol. The molecule has 2 aromatic heterocycles. The van der Waals surface area contributed by atoms with Crippen molar-refractivity contribution in [1.29, 1.82) is 0 Å². The van der Waals surface area contributed by atoms with E-state index in [2.05, 4.69) is 25.6 Å². The summed E-state index contributed by atoms with van der Waals surface area (Å²) in [4.78, 5) is 24.3. The molecule has 2 aromatic carbocycles. The number of nitrogens with one attached hydrogen (secondary N) is 3. The minimum atomic E-state index is -0.673. The van der Waals surface area contributed by atoms with E-state index in [9.17, 15) is 9.90 Å². The van der Waals surface area contributed by atoms with Crippen molar-refractivity contribution >= 4 is 17.7 Å². The van der Waals surface area contributed by atoms with Gasteiger partial charge in [-0.15, -0.1) is 0 Å². The van der Waals surface area contributed by atoms with Crippen LogP contribution in [0.15, 0.2) is 73.1 Å². The van der Waals surface area contributed by atoms with Crippen LogP contribution in [0, 0.1) is 13.8 Å². The number of anilines is 2. The number of aromatic amines is 1. The molecule has 0 aliphatic carbocycles. The van der Waals surface area contributed by atoms with Crippen molar-refractivity contribution in [3.05, 3.63) is 89.7 Å². The first kappa shape index (κ1) is 22.0. The third kappa shape index (κ3) is 5.36. The van der Waals surface area contributed by atoms with Crippen LogP contribution in [-0.2, 0) is 0 Å². The smallest absolute Gasteiger partial charge is 0.394 e. The van der Waals surface area contributed by atoms with Crippen molar-refractivity contribution in [1.82, 2.24) is 20.3 Å². The molecule has 0 bridgehead atoms. The summed E-state index contributed by atoms with van der Waals surface area (Å²) in [5.74, 6) is 0.735. The van der Waals surface area contributed by atoms with Gasteiger partial charge in [-0.1, -0.05) is 48.5 Å². The number of benzene rings is 2. The van der Waals surface area contributed by atoms with E-state index < -0.39 is 12.1 Å². The third-order valence-electron chi connectivity index (χ3n) is 5.17. The summed E-state index contributed by atoms with van der Waals surface area (Å²) < 4.78 is 5.38. The van der Waals surface area contributed by atoms with E-state index in [0.717, 1.165) is 27.9 Å². The normalized spacial score (nSPS) is 11.6. The van der Waals surface area contributed by atoms with Crippen molar-refractivity contribution in [3.63, 3.8) is 0 Å². The summed E-state index contributed by atoms with van der Waals surface area (Å²) in [5, 5.41) is 15.5. The Balaban J connectivity index is 1.46. The number of H-pyrrole nitrogens is 1. The minimum Gasteiger partial charge on any atom is -0.394 e. The summed E-state index contributed by atoms with van der Waals surface area (Å²) in [6.45, 7) is 3.68. The molecule has 1 amide bonds. The van der Waals surface area contributed by atoms with Gasteiger partial charge in [0.1, 0.15) is 0 Å². The van der Waals surface area contributed by atoms with Crippen LogP contribution in [0.5, 0.6) is 5.88 Å². The Bertz CT molecular complexity index is 1240. The van der Waals surface area contributed by atoms with Gasteiger partial charge < -0.3 is 25.5 Å². The fraction of sp³-hybridized carbons (Fsp3) is 0.160. The summed E-state index contributed by atoms with van der Waals surface area (Å²) in [5.41, 5.74) is 5.15. The van der Waals surface area contributed by atoms with Crippen LogP contribution < -0.4 is 15.4 Å². The van der Waals surface area contributed by atoms with Gasteiger partial charge in [-0.3, -0.25) is 0 Å². The average molecular weight is 444 g/mol. The van der Waals surface area contributed by atoms with Crippen LogP contribution in [0.2, 0.25) is 0 Å². The second-order valence-corrected chi connectivity index (χ2v) is 7.60. The summed E-state index contributed by atoms with van der Waals surface area (Å²) >= 11 is 0. The lowest BCUT2D eigenvalue weighted by molar-refractivity contribution is 0.182. The molecule has 1 unspecified atom stereocenters. The number of rotatable bonds is 7. The number of aryl methyl sites for hydroxylation is 2. The van der Waals surface area contributed by atoms with Crippen molar-refractivity contribution in [2.24, 2.45) is 0 Å². The number of carbonyl (C=O) groups is 1. The maximum atomic E-state index is 12.4. The predicted octanol–water partition coefficient (Wildman–Crippen LogP) is 4.65. The topological polar surface area (TPSA) is 112 Å². The molecule has 4 rings (SSSR count). The Morgan fingerprint density at radius 2 is 1.85 bits per heavy atom. The maximum absolute atomic E-state index is 12.4. The number of aliphatic hydroxyl groups excluding tert-OH is 1. The Morgan fingerprint density at radius 3 is 2.61 bits per heavy atom. The second kappa shape index (κ2) is 9.97. The number of ether oxygens (including phenoxy) is 1. The molecule has 33 heavy (non-hydrogen) atoms. The zero-order chi connectivity index (χ0) is 23.2. The lowest BCUT2D eigenvalue weighted by atomic mass is 10.1. The number of amides is 1. The molecule has 4 N–H and O–H groups in total. The summed E-state index contributed by atoms with van der Waals surface area (Å²) in [6.07, 6.45) is 2.79. The van der Waals surface area contributed by atoms with Crippen LogP contribution in [0.3, 0.4) is 0 Å². The van der Waals surface area contributed by atoms with Crippen molar-refractivity contribution in [2.45, 2.75) is 19.9 Å². The van der Waals surface area contributed by atoms with E-state index in [4.69, 9.17) is 4.74 Å². The van der Waals surface area contributed by atoms with Crippen LogP contribution in [0.1, 0.15) is 22.7 Å². The van der Waals surface area contributed by atoms with Gasteiger partial charge in [0.2, 0.25) is 11.8 Å². The van der Waals surface area contributed by atoms with E-state index in [-0.39, 0.29) is 12.5 Å². The molecule has 8 nitrogen and oxygen atoms in total. The van der Waals surface area contributed by atoms with Gasteiger partial charge in [0, 0.05) is 29.7 Å². The Morgan fingerprint density at radius 1 is 1.09 bits per heavy atom. The molecule has 0 saturated heterocycles. The third-order valence-corrected chi connectivity index (χ3v) is 5.17. The molecule has 0 fully saturated rings. The lowest BCUT2D eigenvalue weighted by Gasteiger charge is -2.15. The first-order valence-corrected chi connectivity index (χ1v) is 10.5. The maximum Gasteiger partial charge on any atom is 0.414 e. The second-order valence-electron chi connectivity index (χ2n) is 7.60. The summed E-state index contributed by atoms with van der Waals surface area (Å²) in [7, 11) is 0. The zero-order valence-corrected chi connectivity index (χ0v) is 18.4. The molecule has 8 heteroatoms. The van der Waals surface area contributed by atoms with Crippen LogP contribution >= 0.6 is 0 Å². The number of carbonyl (C=O) groups excluding carboxylic acids is 1. The number of nitrogens with zero attached hydrogens (tertiary/aromatic N) is 2. The quantitative estimate of drug-likeness (QED) is 0.331. The van der Waals surface area contributed by atoms with Gasteiger partial charge in [0.15, 0.2) is 0 Å². The molecule has 168 valence electrons. The number of hydrogen-bond donors (Lipinski definition) is 4. The molecule has 0 spiro atoms. The highest BCUT2D eigenvalue weighted by Gasteiger charge is 2.16. The van der Waals surface area contributed by atoms with E-state index in [1.165, 1.54) is 0 Å². The number of para-hydroxylation sites is 1.